The third kappa shape index (κ3) is 8.09. The molecule has 7 aromatic rings. The van der Waals surface area contributed by atoms with Crippen LogP contribution in [0.3, 0.4) is 0 Å². The monoisotopic (exact) mass is 815 g/mol. The molecular weight excluding hydrogens is 778 g/mol. The number of anilines is 1. The van der Waals surface area contributed by atoms with Crippen molar-refractivity contribution < 1.29 is 41.7 Å². The number of alkyl halides is 1. The number of methoxy groups -OCH3 is 2. The quantitative estimate of drug-likeness (QED) is 0.0791. The summed E-state index contributed by atoms with van der Waals surface area (Å²) in [5.41, 5.74) is 1.44. The summed E-state index contributed by atoms with van der Waals surface area (Å²) < 4.78 is 67.5. The largest absolute Gasteiger partial charge is 0.750 e. The van der Waals surface area contributed by atoms with Gasteiger partial charge in [-0.2, -0.15) is 4.68 Å². The molecule has 0 bridgehead atoms. The maximum Gasteiger partial charge on any atom is 0.750 e. The topological polar surface area (TPSA) is 158 Å². The number of halogens is 1. The second kappa shape index (κ2) is 17.5. The molecule has 59 heavy (non-hydrogen) atoms. The molecule has 8 rings (SSSR count). The fourth-order valence-corrected chi connectivity index (χ4v) is 7.71. The van der Waals surface area contributed by atoms with Crippen molar-refractivity contribution in [1.82, 2.24) is 25.0 Å². The maximum atomic E-state index is 17.1. The fourth-order valence-electron chi connectivity index (χ4n) is 6.92. The molecule has 1 amide bonds. The Balaban J connectivity index is 1.16. The van der Waals surface area contributed by atoms with Gasteiger partial charge in [-0.15, -0.1) is 9.62 Å². The Morgan fingerprint density at radius 3 is 1.97 bits per heavy atom. The number of aromatic nitrogens is 5. The highest BCUT2D eigenvalue weighted by Crippen LogP contribution is 2.45. The summed E-state index contributed by atoms with van der Waals surface area (Å²) in [5, 5.41) is 11.1. The minimum absolute atomic E-state index is 0.0576. The molecule has 1 aliphatic rings. The lowest BCUT2D eigenvalue weighted by atomic mass is 9.80. The van der Waals surface area contributed by atoms with Crippen LogP contribution < -0.4 is 19.3 Å². The van der Waals surface area contributed by atoms with E-state index in [0.717, 1.165) is 21.4 Å². The van der Waals surface area contributed by atoms with Crippen molar-refractivity contribution in [2.75, 3.05) is 26.1 Å². The van der Waals surface area contributed by atoms with Crippen molar-refractivity contribution in [3.63, 3.8) is 0 Å². The summed E-state index contributed by atoms with van der Waals surface area (Å²) in [6.45, 7) is -0.289. The molecule has 0 spiro atoms. The van der Waals surface area contributed by atoms with Gasteiger partial charge in [0, 0.05) is 10.1 Å². The van der Waals surface area contributed by atoms with Crippen LogP contribution in [0, 0.1) is 0 Å². The van der Waals surface area contributed by atoms with Gasteiger partial charge in [0.2, 0.25) is 0 Å². The summed E-state index contributed by atoms with van der Waals surface area (Å²) in [6.07, 6.45) is -5.02. The zero-order valence-electron chi connectivity index (χ0n) is 31.7. The number of carbonyl (C=O) groups is 1. The lowest BCUT2D eigenvalue weighted by Gasteiger charge is -2.37. The van der Waals surface area contributed by atoms with E-state index in [9.17, 15) is 9.36 Å². The summed E-state index contributed by atoms with van der Waals surface area (Å²) in [5.74, 6) is 1.15. The molecule has 3 heterocycles. The molecule has 1 saturated heterocycles. The summed E-state index contributed by atoms with van der Waals surface area (Å²) in [7, 11) is 0.242. The number of amides is 1. The molecule has 0 radical (unpaired) electrons. The molecule has 16 heteroatoms. The van der Waals surface area contributed by atoms with Gasteiger partial charge in [0.1, 0.15) is 29.5 Å². The third-order valence-corrected chi connectivity index (χ3v) is 10.6. The summed E-state index contributed by atoms with van der Waals surface area (Å²) in [4.78, 5) is 21.5. The van der Waals surface area contributed by atoms with Crippen LogP contribution in [0.2, 0.25) is 0 Å². The Hall–Kier alpha value is -6.64. The summed E-state index contributed by atoms with van der Waals surface area (Å²) in [6, 6.07) is 41.3. The van der Waals surface area contributed by atoms with Crippen LogP contribution in [0.5, 0.6) is 17.2 Å². The van der Waals surface area contributed by atoms with Gasteiger partial charge in [-0.1, -0.05) is 96.2 Å². The van der Waals surface area contributed by atoms with E-state index in [1.165, 1.54) is 6.33 Å². The van der Waals surface area contributed by atoms with Crippen LogP contribution >= 0.6 is 8.25 Å². The van der Waals surface area contributed by atoms with Crippen molar-refractivity contribution in [3.05, 3.63) is 168 Å². The lowest BCUT2D eigenvalue weighted by molar-refractivity contribution is -0.0937. The van der Waals surface area contributed by atoms with E-state index in [1.807, 2.05) is 78.9 Å². The first-order chi connectivity index (χ1) is 28.9. The predicted molar refractivity (Wildman–Crippen MR) is 214 cm³/mol. The second-order valence-electron chi connectivity index (χ2n) is 13.3. The first kappa shape index (κ1) is 39.2. The van der Waals surface area contributed by atoms with Crippen LogP contribution in [0.1, 0.15) is 33.3 Å². The Labute approximate surface area is 338 Å². The molecule has 298 valence electrons. The smallest absolute Gasteiger partial charge is 0.497 e. The number of rotatable bonds is 15. The molecule has 1 N–H and O–H groups in total. The number of benzene rings is 5. The SMILES string of the molecule is COc1ccc(C(OC[C@H]2O[C@@H](n3nnc4c(NC(=O)c5ccccc5)ncnc43)[C@@H](F)[C@@H]2O[P+](=O)Oc2ccccc2)(c2ccccc2)c2ccc(OC)cc2)cc1. The molecule has 0 saturated carbocycles. The Kier molecular flexibility index (Phi) is 11.6. The van der Waals surface area contributed by atoms with E-state index >= 15 is 4.39 Å². The van der Waals surface area contributed by atoms with Crippen LogP contribution in [0.4, 0.5) is 10.2 Å². The Morgan fingerprint density at radius 1 is 0.780 bits per heavy atom. The standard InChI is InChI=1S/C43H36FN6O8P/c1-53-32-22-18-30(19-23-32)43(29-14-8-4-9-15-29,31-20-24-33(54-2)25-21-31)55-26-35-38(58-59(52)57-34-16-10-5-11-17-34)36(44)42(56-35)50-40-37(48-49-50)39(45-27-46-40)47-41(51)28-12-6-3-7-13-28/h3-25,27,35-36,38,42H,26H2,1-2H3/p+1/t35-,36+,38-,42-/m1/s1. The van der Waals surface area contributed by atoms with Crippen molar-refractivity contribution in [1.29, 1.82) is 0 Å². The van der Waals surface area contributed by atoms with Gasteiger partial charge >= 0.3 is 8.25 Å². The lowest BCUT2D eigenvalue weighted by Crippen LogP contribution is -2.39. The van der Waals surface area contributed by atoms with Gasteiger partial charge in [0.05, 0.1) is 20.8 Å². The fraction of sp³-hybridized carbons (Fsp3) is 0.186. The van der Waals surface area contributed by atoms with Gasteiger partial charge in [-0.25, -0.2) is 18.9 Å². The van der Waals surface area contributed by atoms with Gasteiger partial charge in [0.25, 0.3) is 5.91 Å². The average Bonchev–Trinajstić information content (AvgIpc) is 3.85. The highest BCUT2D eigenvalue weighted by atomic mass is 31.1. The zero-order valence-corrected chi connectivity index (χ0v) is 32.6. The third-order valence-electron chi connectivity index (χ3n) is 9.81. The van der Waals surface area contributed by atoms with E-state index in [2.05, 4.69) is 25.6 Å². The molecule has 1 unspecified atom stereocenters. The first-order valence-electron chi connectivity index (χ1n) is 18.5. The number of hydrogen-bond acceptors (Lipinski definition) is 12. The minimum Gasteiger partial charge on any atom is -0.497 e. The molecule has 5 atom stereocenters. The number of nitrogens with zero attached hydrogens (tertiary/aromatic N) is 5. The summed E-state index contributed by atoms with van der Waals surface area (Å²) >= 11 is 0. The maximum absolute atomic E-state index is 17.1. The average molecular weight is 816 g/mol. The van der Waals surface area contributed by atoms with E-state index in [0.29, 0.717) is 17.1 Å². The molecule has 14 nitrogen and oxygen atoms in total. The normalized spacial score (nSPS) is 18.0. The van der Waals surface area contributed by atoms with Crippen molar-refractivity contribution in [2.24, 2.45) is 0 Å². The van der Waals surface area contributed by atoms with Crippen molar-refractivity contribution in [3.8, 4) is 17.2 Å². The number of hydrogen-bond donors (Lipinski definition) is 1. The number of ether oxygens (including phenoxy) is 4. The Bertz CT molecular complexity index is 2470. The molecule has 2 aromatic heterocycles. The van der Waals surface area contributed by atoms with Gasteiger partial charge in [-0.3, -0.25) is 4.79 Å². The molecule has 1 aliphatic heterocycles. The molecule has 0 aliphatic carbocycles. The molecule has 5 aromatic carbocycles. The van der Waals surface area contributed by atoms with Crippen LogP contribution in [-0.2, 0) is 24.2 Å². The minimum atomic E-state index is -2.92. The number of para-hydroxylation sites is 1. The predicted octanol–water partition coefficient (Wildman–Crippen LogP) is 7.86. The molecule has 1 fully saturated rings. The molecular formula is C43H37FN6O8P+. The highest BCUT2D eigenvalue weighted by Gasteiger charge is 2.54. The highest BCUT2D eigenvalue weighted by molar-refractivity contribution is 7.33. The van der Waals surface area contributed by atoms with Gasteiger partial charge in [0.15, 0.2) is 41.2 Å². The van der Waals surface area contributed by atoms with E-state index < -0.39 is 44.4 Å². The number of carbonyl (C=O) groups excluding carboxylic acids is 1. The van der Waals surface area contributed by atoms with E-state index in [1.54, 1.807) is 74.9 Å². The van der Waals surface area contributed by atoms with E-state index in [-0.39, 0.29) is 29.3 Å². The van der Waals surface area contributed by atoms with Crippen LogP contribution in [0.15, 0.2) is 146 Å². The van der Waals surface area contributed by atoms with Gasteiger partial charge in [-0.05, 0) is 65.2 Å². The zero-order chi connectivity index (χ0) is 40.8. The van der Waals surface area contributed by atoms with Crippen molar-refractivity contribution >= 4 is 31.1 Å². The van der Waals surface area contributed by atoms with Crippen LogP contribution in [-0.4, -0.2) is 70.1 Å². The number of nitrogens with one attached hydrogen (secondary N) is 1. The second-order valence-corrected chi connectivity index (χ2v) is 14.1. The van der Waals surface area contributed by atoms with Crippen LogP contribution in [0.25, 0.3) is 11.2 Å². The Morgan fingerprint density at radius 2 is 1.36 bits per heavy atom. The number of fused-ring (bicyclic) bond motifs is 1. The van der Waals surface area contributed by atoms with E-state index in [4.69, 9.17) is 28.0 Å². The van der Waals surface area contributed by atoms with Crippen molar-refractivity contribution in [2.45, 2.75) is 30.2 Å². The van der Waals surface area contributed by atoms with Gasteiger partial charge < -0.3 is 24.3 Å². The first-order valence-corrected chi connectivity index (χ1v) is 19.5.